The Morgan fingerprint density at radius 1 is 1.00 bits per heavy atom. The molecule has 0 N–H and O–H groups in total. The highest BCUT2D eigenvalue weighted by atomic mass is 35.5. The van der Waals surface area contributed by atoms with Crippen LogP contribution in [0.3, 0.4) is 0 Å². The van der Waals surface area contributed by atoms with E-state index in [1.165, 1.54) is 0 Å². The second-order valence-corrected chi connectivity index (χ2v) is 8.18. The van der Waals surface area contributed by atoms with E-state index in [0.717, 1.165) is 39.1 Å². The van der Waals surface area contributed by atoms with Gasteiger partial charge in [0.25, 0.3) is 0 Å². The van der Waals surface area contributed by atoms with Gasteiger partial charge in [-0.15, -0.1) is 10.2 Å². The summed E-state index contributed by atoms with van der Waals surface area (Å²) in [5, 5.41) is 10.4. The number of pyridine rings is 2. The number of benzene rings is 1. The summed E-state index contributed by atoms with van der Waals surface area (Å²) < 4.78 is 4.09. The molecule has 4 heterocycles. The Hall–Kier alpha value is -3.16. The largest absolute Gasteiger partial charge is 0.307 e. The summed E-state index contributed by atoms with van der Waals surface area (Å²) in [6, 6.07) is 15.6. The number of fused-ring (bicyclic) bond motifs is 1. The zero-order chi connectivity index (χ0) is 20.5. The molecule has 0 saturated carbocycles. The summed E-state index contributed by atoms with van der Waals surface area (Å²) in [6.07, 6.45) is 7.58. The number of aromatic nitrogens is 6. The third-order valence-electron chi connectivity index (χ3n) is 4.73. The van der Waals surface area contributed by atoms with Crippen LogP contribution in [0.15, 0.2) is 78.5 Å². The third-order valence-corrected chi connectivity index (χ3v) is 5.95. The number of hydrogen-bond donors (Lipinski definition) is 0. The quantitative estimate of drug-likeness (QED) is 0.356. The number of halogens is 1. The van der Waals surface area contributed by atoms with E-state index < -0.39 is 0 Å². The lowest BCUT2D eigenvalue weighted by molar-refractivity contribution is 0.885. The fraction of sp³-hybridized carbons (Fsp3) is 0.0909. The van der Waals surface area contributed by atoms with Crippen LogP contribution >= 0.6 is 23.4 Å². The van der Waals surface area contributed by atoms with Crippen molar-refractivity contribution in [3.63, 3.8) is 0 Å². The van der Waals surface area contributed by atoms with Crippen molar-refractivity contribution in [1.82, 2.24) is 29.1 Å². The molecular formula is C22H17ClN6S. The lowest BCUT2D eigenvalue weighted by Gasteiger charge is -2.10. The van der Waals surface area contributed by atoms with Crippen molar-refractivity contribution >= 4 is 29.0 Å². The van der Waals surface area contributed by atoms with Gasteiger partial charge in [0.05, 0.1) is 5.69 Å². The van der Waals surface area contributed by atoms with Gasteiger partial charge in [-0.05, 0) is 55.0 Å². The van der Waals surface area contributed by atoms with Crippen LogP contribution in [-0.2, 0) is 5.75 Å². The number of hydrogen-bond acceptors (Lipinski definition) is 5. The monoisotopic (exact) mass is 432 g/mol. The van der Waals surface area contributed by atoms with Gasteiger partial charge in [0, 0.05) is 46.8 Å². The fourth-order valence-corrected chi connectivity index (χ4v) is 4.25. The average molecular weight is 433 g/mol. The molecule has 0 spiro atoms. The molecule has 148 valence electrons. The minimum absolute atomic E-state index is 0.684. The van der Waals surface area contributed by atoms with Crippen LogP contribution in [0.25, 0.3) is 22.7 Å². The lowest BCUT2D eigenvalue weighted by atomic mass is 10.2. The second-order valence-electron chi connectivity index (χ2n) is 6.80. The van der Waals surface area contributed by atoms with E-state index in [2.05, 4.69) is 38.8 Å². The van der Waals surface area contributed by atoms with Gasteiger partial charge in [-0.2, -0.15) is 0 Å². The van der Waals surface area contributed by atoms with Gasteiger partial charge in [-0.3, -0.25) is 9.55 Å². The molecule has 5 rings (SSSR count). The molecule has 30 heavy (non-hydrogen) atoms. The van der Waals surface area contributed by atoms with E-state index in [9.17, 15) is 0 Å². The molecule has 0 bridgehead atoms. The molecule has 0 amide bonds. The van der Waals surface area contributed by atoms with E-state index >= 15 is 0 Å². The van der Waals surface area contributed by atoms with Crippen molar-refractivity contribution in [2.45, 2.75) is 17.8 Å². The van der Waals surface area contributed by atoms with Gasteiger partial charge in [-0.1, -0.05) is 29.4 Å². The minimum Gasteiger partial charge on any atom is -0.307 e. The Balaban J connectivity index is 1.52. The molecule has 0 radical (unpaired) electrons. The van der Waals surface area contributed by atoms with E-state index in [-0.39, 0.29) is 0 Å². The number of rotatable bonds is 5. The zero-order valence-electron chi connectivity index (χ0n) is 16.1. The predicted octanol–water partition coefficient (Wildman–Crippen LogP) is 5.23. The van der Waals surface area contributed by atoms with Gasteiger partial charge in [0.15, 0.2) is 11.0 Å². The van der Waals surface area contributed by atoms with Gasteiger partial charge >= 0.3 is 0 Å². The van der Waals surface area contributed by atoms with Crippen LogP contribution in [0.5, 0.6) is 0 Å². The molecule has 0 aliphatic carbocycles. The molecule has 6 nitrogen and oxygen atoms in total. The summed E-state index contributed by atoms with van der Waals surface area (Å²) >= 11 is 7.70. The summed E-state index contributed by atoms with van der Waals surface area (Å²) in [5.41, 5.74) is 5.01. The Morgan fingerprint density at radius 2 is 1.80 bits per heavy atom. The highest BCUT2D eigenvalue weighted by molar-refractivity contribution is 7.98. The number of imidazole rings is 1. The molecule has 1 aromatic carbocycles. The maximum atomic E-state index is 6.10. The zero-order valence-corrected chi connectivity index (χ0v) is 17.7. The predicted molar refractivity (Wildman–Crippen MR) is 119 cm³/mol. The SMILES string of the molecule is Cc1cccn2cc(CSc3nnc(-c4ccncc4)n3-c3ccc(Cl)cc3)nc12. The summed E-state index contributed by atoms with van der Waals surface area (Å²) in [7, 11) is 0. The standard InChI is InChI=1S/C22H17ClN6S/c1-15-3-2-12-28-13-18(25-20(15)28)14-30-22-27-26-21(16-8-10-24-11-9-16)29(22)19-6-4-17(23)5-7-19/h2-13H,14H2,1H3. The second kappa shape index (κ2) is 7.93. The van der Waals surface area contributed by atoms with Gasteiger partial charge < -0.3 is 4.40 Å². The first-order valence-corrected chi connectivity index (χ1v) is 10.7. The number of aryl methyl sites for hydroxylation is 1. The van der Waals surface area contributed by atoms with Crippen molar-refractivity contribution in [2.24, 2.45) is 0 Å². The van der Waals surface area contributed by atoms with Gasteiger partial charge in [-0.25, -0.2) is 4.98 Å². The maximum absolute atomic E-state index is 6.10. The number of thioether (sulfide) groups is 1. The minimum atomic E-state index is 0.684. The van der Waals surface area contributed by atoms with Crippen LogP contribution in [0.4, 0.5) is 0 Å². The van der Waals surface area contributed by atoms with Crippen LogP contribution in [-0.4, -0.2) is 29.1 Å². The van der Waals surface area contributed by atoms with Crippen molar-refractivity contribution in [3.05, 3.63) is 89.6 Å². The maximum Gasteiger partial charge on any atom is 0.196 e. The molecule has 0 unspecified atom stereocenters. The third kappa shape index (κ3) is 3.58. The fourth-order valence-electron chi connectivity index (χ4n) is 3.29. The Kier molecular flexibility index (Phi) is 4.98. The summed E-state index contributed by atoms with van der Waals surface area (Å²) in [4.78, 5) is 8.87. The Morgan fingerprint density at radius 3 is 2.57 bits per heavy atom. The first kappa shape index (κ1) is 18.8. The molecule has 0 aliphatic rings. The van der Waals surface area contributed by atoms with Crippen molar-refractivity contribution < 1.29 is 0 Å². The van der Waals surface area contributed by atoms with Crippen LogP contribution < -0.4 is 0 Å². The highest BCUT2D eigenvalue weighted by Crippen LogP contribution is 2.30. The van der Waals surface area contributed by atoms with Crippen LogP contribution in [0.1, 0.15) is 11.3 Å². The molecule has 0 fully saturated rings. The first-order valence-electron chi connectivity index (χ1n) is 9.37. The highest BCUT2D eigenvalue weighted by Gasteiger charge is 2.17. The van der Waals surface area contributed by atoms with Crippen LogP contribution in [0.2, 0.25) is 5.02 Å². The molecule has 0 aliphatic heterocycles. The molecule has 4 aromatic heterocycles. The molecule has 5 aromatic rings. The van der Waals surface area contributed by atoms with E-state index in [1.54, 1.807) is 24.2 Å². The van der Waals surface area contributed by atoms with Gasteiger partial charge in [0.1, 0.15) is 5.65 Å². The van der Waals surface area contributed by atoms with E-state index in [4.69, 9.17) is 16.6 Å². The lowest BCUT2D eigenvalue weighted by Crippen LogP contribution is -1.99. The molecule has 8 heteroatoms. The average Bonchev–Trinajstić information content (AvgIpc) is 3.38. The molecule has 0 atom stereocenters. The topological polar surface area (TPSA) is 60.9 Å². The summed E-state index contributed by atoms with van der Waals surface area (Å²) in [5.74, 6) is 1.44. The smallest absolute Gasteiger partial charge is 0.196 e. The molecule has 0 saturated heterocycles. The summed E-state index contributed by atoms with van der Waals surface area (Å²) in [6.45, 7) is 2.07. The Bertz CT molecular complexity index is 1310. The van der Waals surface area contributed by atoms with E-state index in [0.29, 0.717) is 10.8 Å². The van der Waals surface area contributed by atoms with E-state index in [1.807, 2.05) is 53.2 Å². The molecular weight excluding hydrogens is 416 g/mol. The normalized spacial score (nSPS) is 11.3. The first-order chi connectivity index (χ1) is 14.7. The van der Waals surface area contributed by atoms with Crippen molar-refractivity contribution in [2.75, 3.05) is 0 Å². The number of nitrogens with zero attached hydrogens (tertiary/aromatic N) is 6. The van der Waals surface area contributed by atoms with Gasteiger partial charge in [0.2, 0.25) is 0 Å². The Labute approximate surface area is 182 Å². The van der Waals surface area contributed by atoms with Crippen molar-refractivity contribution in [1.29, 1.82) is 0 Å². The van der Waals surface area contributed by atoms with Crippen molar-refractivity contribution in [3.8, 4) is 17.1 Å². The van der Waals surface area contributed by atoms with Crippen LogP contribution in [0, 0.1) is 6.92 Å².